The SMILES string of the molecule is CCCCC/C=C\C=C/CCCCCCCCC(=O)NC(CO)C(O)/C=C/CCCCCCCCCCCCCCC. The van der Waals surface area contributed by atoms with Gasteiger partial charge < -0.3 is 15.5 Å². The van der Waals surface area contributed by atoms with Gasteiger partial charge in [0.15, 0.2) is 0 Å². The van der Waals surface area contributed by atoms with Gasteiger partial charge in [-0.05, 0) is 44.9 Å². The lowest BCUT2D eigenvalue weighted by Gasteiger charge is -2.20. The van der Waals surface area contributed by atoms with Gasteiger partial charge in [0.25, 0.3) is 0 Å². The molecule has 0 aliphatic carbocycles. The molecule has 0 fully saturated rings. The normalized spacial score (nSPS) is 13.5. The third kappa shape index (κ3) is 30.1. The molecule has 0 aromatic heterocycles. The van der Waals surface area contributed by atoms with Crippen LogP contribution in [0.3, 0.4) is 0 Å². The third-order valence-electron chi connectivity index (χ3n) is 8.15. The fourth-order valence-electron chi connectivity index (χ4n) is 5.28. The molecule has 3 N–H and O–H groups in total. The van der Waals surface area contributed by atoms with Crippen molar-refractivity contribution in [3.05, 3.63) is 36.5 Å². The largest absolute Gasteiger partial charge is 0.394 e. The lowest BCUT2D eigenvalue weighted by Crippen LogP contribution is -2.45. The molecule has 1 amide bonds. The van der Waals surface area contributed by atoms with E-state index in [1.54, 1.807) is 6.08 Å². The van der Waals surface area contributed by atoms with Gasteiger partial charge in [-0.25, -0.2) is 0 Å². The number of aliphatic hydroxyl groups is 2. The molecule has 2 unspecified atom stereocenters. The maximum atomic E-state index is 12.3. The van der Waals surface area contributed by atoms with E-state index >= 15 is 0 Å². The van der Waals surface area contributed by atoms with Gasteiger partial charge in [0.1, 0.15) is 0 Å². The number of allylic oxidation sites excluding steroid dienone is 5. The van der Waals surface area contributed by atoms with E-state index < -0.39 is 12.1 Å². The summed E-state index contributed by atoms with van der Waals surface area (Å²) in [5.74, 6) is -0.0779. The van der Waals surface area contributed by atoms with E-state index in [9.17, 15) is 15.0 Å². The Hall–Kier alpha value is -1.39. The van der Waals surface area contributed by atoms with E-state index in [2.05, 4.69) is 43.5 Å². The summed E-state index contributed by atoms with van der Waals surface area (Å²) in [6.45, 7) is 4.26. The summed E-state index contributed by atoms with van der Waals surface area (Å²) < 4.78 is 0. The van der Waals surface area contributed by atoms with Gasteiger partial charge in [-0.15, -0.1) is 0 Å². The average Bonchev–Trinajstić information content (AvgIpc) is 2.99. The van der Waals surface area contributed by atoms with E-state index in [0.717, 1.165) is 38.5 Å². The van der Waals surface area contributed by atoms with Gasteiger partial charge in [-0.1, -0.05) is 166 Å². The van der Waals surface area contributed by atoms with Gasteiger partial charge >= 0.3 is 0 Å². The van der Waals surface area contributed by atoms with Crippen molar-refractivity contribution in [2.75, 3.05) is 6.61 Å². The maximum absolute atomic E-state index is 12.3. The van der Waals surface area contributed by atoms with E-state index in [4.69, 9.17) is 0 Å². The van der Waals surface area contributed by atoms with Crippen LogP contribution in [0.1, 0.15) is 181 Å². The zero-order valence-electron chi connectivity index (χ0n) is 28.0. The molecule has 0 aliphatic heterocycles. The van der Waals surface area contributed by atoms with Crippen molar-refractivity contribution >= 4 is 5.91 Å². The Morgan fingerprint density at radius 3 is 1.43 bits per heavy atom. The molecule has 0 saturated carbocycles. The van der Waals surface area contributed by atoms with Crippen molar-refractivity contribution in [1.29, 1.82) is 0 Å². The van der Waals surface area contributed by atoms with Crippen LogP contribution < -0.4 is 5.32 Å². The fraction of sp³-hybridized carbons (Fsp3) is 0.816. The van der Waals surface area contributed by atoms with Crippen molar-refractivity contribution in [3.63, 3.8) is 0 Å². The molecule has 0 aromatic rings. The molecule has 4 heteroatoms. The molecule has 0 aromatic carbocycles. The van der Waals surface area contributed by atoms with Crippen LogP contribution in [0.25, 0.3) is 0 Å². The van der Waals surface area contributed by atoms with Crippen LogP contribution in [0.4, 0.5) is 0 Å². The number of aliphatic hydroxyl groups excluding tert-OH is 2. The topological polar surface area (TPSA) is 69.6 Å². The minimum atomic E-state index is -0.841. The quantitative estimate of drug-likeness (QED) is 0.0415. The molecule has 0 aliphatic rings. The Morgan fingerprint density at radius 1 is 0.571 bits per heavy atom. The first-order chi connectivity index (χ1) is 20.7. The van der Waals surface area contributed by atoms with Gasteiger partial charge in [0, 0.05) is 6.42 Å². The second-order valence-corrected chi connectivity index (χ2v) is 12.3. The van der Waals surface area contributed by atoms with Crippen LogP contribution in [0.5, 0.6) is 0 Å². The molecule has 0 bridgehead atoms. The first-order valence-corrected chi connectivity index (χ1v) is 18.2. The summed E-state index contributed by atoms with van der Waals surface area (Å²) in [5.41, 5.74) is 0. The Balaban J connectivity index is 3.66. The number of carbonyl (C=O) groups is 1. The van der Waals surface area contributed by atoms with Crippen molar-refractivity contribution in [3.8, 4) is 0 Å². The van der Waals surface area contributed by atoms with Crippen LogP contribution in [0.15, 0.2) is 36.5 Å². The number of rotatable bonds is 32. The molecule has 2 atom stereocenters. The summed E-state index contributed by atoms with van der Waals surface area (Å²) in [7, 11) is 0. The number of unbranched alkanes of at least 4 members (excludes halogenated alkanes) is 22. The molecular formula is C38H71NO3. The summed E-state index contributed by atoms with van der Waals surface area (Å²) in [6.07, 6.45) is 43.6. The molecule has 0 spiro atoms. The standard InChI is InChI=1S/C38H71NO3/c1-3-5-7-9-11-13-15-17-19-21-23-25-27-29-31-33-37(41)36(35-40)39-38(42)34-32-30-28-26-24-22-20-18-16-14-12-10-8-6-4-2/h12,14,16,18,31,33,36-37,40-41H,3-11,13,15,17,19-30,32,34-35H2,1-2H3,(H,39,42)/b14-12-,18-16-,33-31+. The maximum Gasteiger partial charge on any atom is 0.220 e. The Labute approximate surface area is 261 Å². The minimum Gasteiger partial charge on any atom is -0.394 e. The number of nitrogens with one attached hydrogen (secondary N) is 1. The van der Waals surface area contributed by atoms with E-state index in [1.807, 2.05) is 6.08 Å². The molecule has 42 heavy (non-hydrogen) atoms. The predicted octanol–water partition coefficient (Wildman–Crippen LogP) is 10.7. The number of hydrogen-bond acceptors (Lipinski definition) is 3. The highest BCUT2D eigenvalue weighted by atomic mass is 16.3. The van der Waals surface area contributed by atoms with Gasteiger partial charge in [0.2, 0.25) is 5.91 Å². The van der Waals surface area contributed by atoms with Gasteiger partial charge in [-0.2, -0.15) is 0 Å². The van der Waals surface area contributed by atoms with Crippen molar-refractivity contribution in [2.45, 2.75) is 193 Å². The van der Waals surface area contributed by atoms with Crippen molar-refractivity contribution in [2.24, 2.45) is 0 Å². The van der Waals surface area contributed by atoms with Crippen LogP contribution in [0.2, 0.25) is 0 Å². The van der Waals surface area contributed by atoms with Crippen molar-refractivity contribution in [1.82, 2.24) is 5.32 Å². The summed E-state index contributed by atoms with van der Waals surface area (Å²) in [6, 6.07) is -0.625. The highest BCUT2D eigenvalue weighted by Gasteiger charge is 2.17. The van der Waals surface area contributed by atoms with Crippen LogP contribution >= 0.6 is 0 Å². The Kier molecular flexibility index (Phi) is 33.0. The predicted molar refractivity (Wildman–Crippen MR) is 184 cm³/mol. The molecular weight excluding hydrogens is 518 g/mol. The van der Waals surface area contributed by atoms with E-state index in [0.29, 0.717) is 6.42 Å². The molecule has 0 saturated heterocycles. The molecule has 0 radical (unpaired) electrons. The third-order valence-corrected chi connectivity index (χ3v) is 8.15. The molecule has 0 rings (SSSR count). The zero-order chi connectivity index (χ0) is 30.8. The smallest absolute Gasteiger partial charge is 0.220 e. The van der Waals surface area contributed by atoms with E-state index in [-0.39, 0.29) is 12.5 Å². The lowest BCUT2D eigenvalue weighted by atomic mass is 10.0. The van der Waals surface area contributed by atoms with Gasteiger partial charge in [0.05, 0.1) is 18.8 Å². The molecule has 0 heterocycles. The average molecular weight is 590 g/mol. The zero-order valence-corrected chi connectivity index (χ0v) is 28.0. The number of hydrogen-bond donors (Lipinski definition) is 3. The van der Waals surface area contributed by atoms with Crippen LogP contribution in [-0.2, 0) is 4.79 Å². The van der Waals surface area contributed by atoms with Gasteiger partial charge in [-0.3, -0.25) is 4.79 Å². The van der Waals surface area contributed by atoms with Crippen molar-refractivity contribution < 1.29 is 15.0 Å². The summed E-state index contributed by atoms with van der Waals surface area (Å²) in [5, 5.41) is 22.9. The molecule has 246 valence electrons. The highest BCUT2D eigenvalue weighted by Crippen LogP contribution is 2.13. The number of amides is 1. The lowest BCUT2D eigenvalue weighted by molar-refractivity contribution is -0.123. The van der Waals surface area contributed by atoms with Crippen LogP contribution in [-0.4, -0.2) is 34.9 Å². The summed E-state index contributed by atoms with van der Waals surface area (Å²) in [4.78, 5) is 12.3. The first kappa shape index (κ1) is 40.6. The highest BCUT2D eigenvalue weighted by molar-refractivity contribution is 5.76. The second kappa shape index (κ2) is 34.1. The van der Waals surface area contributed by atoms with Crippen LogP contribution in [0, 0.1) is 0 Å². The summed E-state index contributed by atoms with van der Waals surface area (Å²) >= 11 is 0. The minimum absolute atomic E-state index is 0.0779. The first-order valence-electron chi connectivity index (χ1n) is 18.2. The monoisotopic (exact) mass is 590 g/mol. The molecule has 4 nitrogen and oxygen atoms in total. The Bertz CT molecular complexity index is 642. The van der Waals surface area contributed by atoms with E-state index in [1.165, 1.54) is 122 Å². The number of carbonyl (C=O) groups excluding carboxylic acids is 1. The second-order valence-electron chi connectivity index (χ2n) is 12.3. The Morgan fingerprint density at radius 2 is 0.952 bits per heavy atom. The fourth-order valence-corrected chi connectivity index (χ4v) is 5.28.